The van der Waals surface area contributed by atoms with Gasteiger partial charge < -0.3 is 9.64 Å². The van der Waals surface area contributed by atoms with Crippen LogP contribution in [0, 0.1) is 5.92 Å². The summed E-state index contributed by atoms with van der Waals surface area (Å²) in [4.78, 5) is 13.8. The third-order valence-electron chi connectivity index (χ3n) is 2.44. The Morgan fingerprint density at radius 3 is 2.22 bits per heavy atom. The third kappa shape index (κ3) is 9.08. The van der Waals surface area contributed by atoms with Crippen LogP contribution in [0.15, 0.2) is 12.2 Å². The van der Waals surface area contributed by atoms with Crippen molar-refractivity contribution in [1.29, 1.82) is 0 Å². The fraction of sp³-hybridized carbons (Fsp3) is 0.800. The molecule has 1 amide bonds. The van der Waals surface area contributed by atoms with Crippen molar-refractivity contribution in [1.82, 2.24) is 4.90 Å². The van der Waals surface area contributed by atoms with Crippen molar-refractivity contribution in [2.24, 2.45) is 5.92 Å². The number of nitrogens with zero attached hydrogens (tertiary/aromatic N) is 1. The Bertz CT molecular complexity index is 277. The Kier molecular flexibility index (Phi) is 7.04. The minimum atomic E-state index is -0.434. The summed E-state index contributed by atoms with van der Waals surface area (Å²) >= 11 is 0. The van der Waals surface area contributed by atoms with Crippen molar-refractivity contribution in [2.75, 3.05) is 13.1 Å². The Balaban J connectivity index is 4.43. The second kappa shape index (κ2) is 7.45. The maximum atomic E-state index is 12.1. The molecule has 18 heavy (non-hydrogen) atoms. The molecule has 0 rings (SSSR count). The number of carbonyl (C=O) groups is 1. The molecule has 0 aromatic rings. The second-order valence-electron chi connectivity index (χ2n) is 6.36. The molecule has 0 fully saturated rings. The zero-order valence-electron chi connectivity index (χ0n) is 12.9. The van der Waals surface area contributed by atoms with Crippen LogP contribution in [0.3, 0.4) is 0 Å². The number of ether oxygens (including phenoxy) is 1. The van der Waals surface area contributed by atoms with E-state index in [0.717, 1.165) is 25.0 Å². The molecule has 3 heteroatoms. The zero-order chi connectivity index (χ0) is 14.3. The van der Waals surface area contributed by atoms with Crippen LogP contribution in [0.2, 0.25) is 0 Å². The fourth-order valence-electron chi connectivity index (χ4n) is 1.36. The molecule has 0 radical (unpaired) electrons. The van der Waals surface area contributed by atoms with Crippen LogP contribution in [0.4, 0.5) is 4.79 Å². The molecule has 0 aromatic carbocycles. The maximum Gasteiger partial charge on any atom is 0.410 e. The molecular formula is C15H29NO2. The molecule has 0 aromatic heterocycles. The number of rotatable bonds is 6. The summed E-state index contributed by atoms with van der Waals surface area (Å²) in [5.41, 5.74) is 0.657. The van der Waals surface area contributed by atoms with Crippen molar-refractivity contribution in [3.05, 3.63) is 12.2 Å². The van der Waals surface area contributed by atoms with Gasteiger partial charge in [0.25, 0.3) is 0 Å². The van der Waals surface area contributed by atoms with E-state index in [-0.39, 0.29) is 6.09 Å². The quantitative estimate of drug-likeness (QED) is 0.664. The fourth-order valence-corrected chi connectivity index (χ4v) is 1.36. The molecule has 0 heterocycles. The van der Waals surface area contributed by atoms with E-state index in [1.165, 1.54) is 0 Å². The average Bonchev–Trinajstić information content (AvgIpc) is 2.13. The Morgan fingerprint density at radius 2 is 1.83 bits per heavy atom. The Morgan fingerprint density at radius 1 is 1.28 bits per heavy atom. The van der Waals surface area contributed by atoms with Crippen LogP contribution in [0.5, 0.6) is 0 Å². The highest BCUT2D eigenvalue weighted by molar-refractivity contribution is 5.68. The molecule has 0 aliphatic carbocycles. The minimum absolute atomic E-state index is 0.218. The summed E-state index contributed by atoms with van der Waals surface area (Å²) < 4.78 is 5.42. The highest BCUT2D eigenvalue weighted by Crippen LogP contribution is 2.12. The van der Waals surface area contributed by atoms with Gasteiger partial charge in [-0.05, 0) is 46.5 Å². The topological polar surface area (TPSA) is 29.5 Å². The first-order valence-electron chi connectivity index (χ1n) is 6.74. The Hall–Kier alpha value is -0.990. The van der Waals surface area contributed by atoms with E-state index in [2.05, 4.69) is 20.4 Å². The van der Waals surface area contributed by atoms with Crippen LogP contribution < -0.4 is 0 Å². The summed E-state index contributed by atoms with van der Waals surface area (Å²) in [7, 11) is 0. The summed E-state index contributed by atoms with van der Waals surface area (Å²) in [5.74, 6) is 0.583. The second-order valence-corrected chi connectivity index (χ2v) is 6.36. The van der Waals surface area contributed by atoms with Crippen LogP contribution >= 0.6 is 0 Å². The SMILES string of the molecule is C=C(C)CCN(CCC(C)C)C(=O)OC(C)(C)C. The van der Waals surface area contributed by atoms with Crippen molar-refractivity contribution in [3.8, 4) is 0 Å². The molecule has 0 aliphatic heterocycles. The molecule has 0 unspecified atom stereocenters. The van der Waals surface area contributed by atoms with Gasteiger partial charge in [-0.15, -0.1) is 6.58 Å². The lowest BCUT2D eigenvalue weighted by Gasteiger charge is -2.28. The van der Waals surface area contributed by atoms with E-state index >= 15 is 0 Å². The maximum absolute atomic E-state index is 12.1. The van der Waals surface area contributed by atoms with Gasteiger partial charge in [-0.2, -0.15) is 0 Å². The van der Waals surface area contributed by atoms with Crippen LogP contribution in [-0.2, 0) is 4.74 Å². The highest BCUT2D eigenvalue weighted by Gasteiger charge is 2.21. The summed E-state index contributed by atoms with van der Waals surface area (Å²) in [6, 6.07) is 0. The Labute approximate surface area is 112 Å². The first-order chi connectivity index (χ1) is 8.11. The first-order valence-corrected chi connectivity index (χ1v) is 6.74. The number of amides is 1. The van der Waals surface area contributed by atoms with Gasteiger partial charge in [0.05, 0.1) is 0 Å². The monoisotopic (exact) mass is 255 g/mol. The van der Waals surface area contributed by atoms with E-state index < -0.39 is 5.60 Å². The summed E-state index contributed by atoms with van der Waals surface area (Å²) in [5, 5.41) is 0. The van der Waals surface area contributed by atoms with Gasteiger partial charge in [0.15, 0.2) is 0 Å². The number of hydrogen-bond acceptors (Lipinski definition) is 2. The predicted octanol–water partition coefficient (Wildman–Crippen LogP) is 4.24. The van der Waals surface area contributed by atoms with Gasteiger partial charge in [-0.25, -0.2) is 4.79 Å². The van der Waals surface area contributed by atoms with Crippen LogP contribution in [0.25, 0.3) is 0 Å². The van der Waals surface area contributed by atoms with Crippen molar-refractivity contribution in [2.45, 2.75) is 60.0 Å². The standard InChI is InChI=1S/C15H29NO2/c1-12(2)8-10-16(11-9-13(3)4)14(17)18-15(5,6)7/h13H,1,8-11H2,2-7H3. The van der Waals surface area contributed by atoms with Crippen molar-refractivity contribution < 1.29 is 9.53 Å². The largest absolute Gasteiger partial charge is 0.444 e. The molecule has 106 valence electrons. The molecule has 0 bridgehead atoms. The van der Waals surface area contributed by atoms with Crippen LogP contribution in [0.1, 0.15) is 54.4 Å². The van der Waals surface area contributed by atoms with Crippen molar-refractivity contribution in [3.63, 3.8) is 0 Å². The lowest BCUT2D eigenvalue weighted by molar-refractivity contribution is 0.0245. The lowest BCUT2D eigenvalue weighted by Crippen LogP contribution is -2.38. The number of hydrogen-bond donors (Lipinski definition) is 0. The zero-order valence-corrected chi connectivity index (χ0v) is 12.9. The van der Waals surface area contributed by atoms with E-state index in [1.807, 2.05) is 27.7 Å². The molecule has 0 N–H and O–H groups in total. The van der Waals surface area contributed by atoms with Gasteiger partial charge in [-0.3, -0.25) is 0 Å². The molecule has 3 nitrogen and oxygen atoms in total. The molecule has 0 saturated heterocycles. The average molecular weight is 255 g/mol. The summed E-state index contributed by atoms with van der Waals surface area (Å²) in [6.45, 7) is 17.3. The van der Waals surface area contributed by atoms with Gasteiger partial charge in [0, 0.05) is 13.1 Å². The van der Waals surface area contributed by atoms with E-state index in [4.69, 9.17) is 4.74 Å². The lowest BCUT2D eigenvalue weighted by atomic mass is 10.1. The third-order valence-corrected chi connectivity index (χ3v) is 2.44. The van der Waals surface area contributed by atoms with Gasteiger partial charge in [0.2, 0.25) is 0 Å². The smallest absolute Gasteiger partial charge is 0.410 e. The molecule has 0 aliphatic rings. The summed E-state index contributed by atoms with van der Waals surface area (Å²) in [6.07, 6.45) is 1.61. The van der Waals surface area contributed by atoms with Gasteiger partial charge >= 0.3 is 6.09 Å². The molecule has 0 spiro atoms. The minimum Gasteiger partial charge on any atom is -0.444 e. The molecule has 0 saturated carbocycles. The van der Waals surface area contributed by atoms with E-state index in [0.29, 0.717) is 12.5 Å². The van der Waals surface area contributed by atoms with E-state index in [9.17, 15) is 4.79 Å². The number of carbonyl (C=O) groups excluding carboxylic acids is 1. The van der Waals surface area contributed by atoms with Crippen LogP contribution in [-0.4, -0.2) is 29.7 Å². The first kappa shape index (κ1) is 17.0. The molecule has 0 atom stereocenters. The van der Waals surface area contributed by atoms with E-state index in [1.54, 1.807) is 4.90 Å². The highest BCUT2D eigenvalue weighted by atomic mass is 16.6. The van der Waals surface area contributed by atoms with Gasteiger partial charge in [-0.1, -0.05) is 19.4 Å². The normalized spacial score (nSPS) is 11.5. The predicted molar refractivity (Wildman–Crippen MR) is 76.7 cm³/mol. The molecular weight excluding hydrogens is 226 g/mol. The van der Waals surface area contributed by atoms with Gasteiger partial charge in [0.1, 0.15) is 5.60 Å². The van der Waals surface area contributed by atoms with Crippen molar-refractivity contribution >= 4 is 6.09 Å².